The van der Waals surface area contributed by atoms with Gasteiger partial charge in [-0.2, -0.15) is 0 Å². The van der Waals surface area contributed by atoms with Gasteiger partial charge in [0.15, 0.2) is 0 Å². The summed E-state index contributed by atoms with van der Waals surface area (Å²) < 4.78 is 0. The second-order valence-electron chi connectivity index (χ2n) is 6.14. The topological polar surface area (TPSA) is 27.3 Å². The zero-order chi connectivity index (χ0) is 12.0. The predicted octanol–water partition coefficient (Wildman–Crippen LogP) is 1.45. The number of hydrogen-bond acceptors (Lipinski definition) is 3. The highest BCUT2D eigenvalue weighted by Crippen LogP contribution is 2.34. The van der Waals surface area contributed by atoms with E-state index >= 15 is 0 Å². The standard InChI is InChI=1S/C14H29N3/c1-14(5-3-2-4-6-14)13-16-9-12-17-10-7-15-8-11-17/h15-16H,2-13H2,1H3. The lowest BCUT2D eigenvalue weighted by Gasteiger charge is -2.34. The minimum atomic E-state index is 0.585. The molecular weight excluding hydrogens is 210 g/mol. The molecule has 2 rings (SSSR count). The van der Waals surface area contributed by atoms with Gasteiger partial charge in [-0.3, -0.25) is 4.90 Å². The minimum Gasteiger partial charge on any atom is -0.315 e. The van der Waals surface area contributed by atoms with Crippen LogP contribution >= 0.6 is 0 Å². The van der Waals surface area contributed by atoms with E-state index in [1.54, 1.807) is 0 Å². The largest absolute Gasteiger partial charge is 0.315 e. The van der Waals surface area contributed by atoms with Crippen LogP contribution in [0.3, 0.4) is 0 Å². The summed E-state index contributed by atoms with van der Waals surface area (Å²) in [7, 11) is 0. The molecule has 0 aromatic carbocycles. The van der Waals surface area contributed by atoms with Crippen molar-refractivity contribution in [3.63, 3.8) is 0 Å². The van der Waals surface area contributed by atoms with Crippen molar-refractivity contribution in [2.24, 2.45) is 5.41 Å². The fraction of sp³-hybridized carbons (Fsp3) is 1.00. The molecule has 2 aliphatic rings. The molecule has 0 aromatic heterocycles. The molecule has 1 saturated carbocycles. The van der Waals surface area contributed by atoms with Crippen LogP contribution in [0.4, 0.5) is 0 Å². The highest BCUT2D eigenvalue weighted by atomic mass is 15.2. The zero-order valence-corrected chi connectivity index (χ0v) is 11.4. The second kappa shape index (κ2) is 6.72. The molecule has 0 bridgehead atoms. The molecular formula is C14H29N3. The van der Waals surface area contributed by atoms with Crippen molar-refractivity contribution in [1.29, 1.82) is 0 Å². The maximum absolute atomic E-state index is 3.68. The Morgan fingerprint density at radius 1 is 1.12 bits per heavy atom. The van der Waals surface area contributed by atoms with Crippen LogP contribution in [0.1, 0.15) is 39.0 Å². The Balaban J connectivity index is 1.55. The number of piperazine rings is 1. The fourth-order valence-electron chi connectivity index (χ4n) is 3.14. The van der Waals surface area contributed by atoms with Crippen LogP contribution in [-0.4, -0.2) is 50.7 Å². The van der Waals surface area contributed by atoms with E-state index in [-0.39, 0.29) is 0 Å². The Morgan fingerprint density at radius 3 is 2.53 bits per heavy atom. The highest BCUT2D eigenvalue weighted by Gasteiger charge is 2.25. The van der Waals surface area contributed by atoms with Crippen molar-refractivity contribution in [3.8, 4) is 0 Å². The van der Waals surface area contributed by atoms with Crippen molar-refractivity contribution < 1.29 is 0 Å². The van der Waals surface area contributed by atoms with Crippen molar-refractivity contribution in [3.05, 3.63) is 0 Å². The molecule has 0 atom stereocenters. The molecule has 1 aliphatic carbocycles. The Morgan fingerprint density at radius 2 is 1.82 bits per heavy atom. The first-order chi connectivity index (χ1) is 8.29. The van der Waals surface area contributed by atoms with Gasteiger partial charge in [-0.25, -0.2) is 0 Å². The van der Waals surface area contributed by atoms with Crippen molar-refractivity contribution in [1.82, 2.24) is 15.5 Å². The number of nitrogens with zero attached hydrogens (tertiary/aromatic N) is 1. The summed E-state index contributed by atoms with van der Waals surface area (Å²) in [6.07, 6.45) is 7.18. The smallest absolute Gasteiger partial charge is 0.0108 e. The molecule has 0 aromatic rings. The van der Waals surface area contributed by atoms with Crippen molar-refractivity contribution in [2.75, 3.05) is 45.8 Å². The Bertz CT molecular complexity index is 206. The summed E-state index contributed by atoms with van der Waals surface area (Å²) in [5, 5.41) is 7.08. The molecule has 0 radical (unpaired) electrons. The van der Waals surface area contributed by atoms with Gasteiger partial charge in [0.2, 0.25) is 0 Å². The van der Waals surface area contributed by atoms with Crippen LogP contribution in [0, 0.1) is 5.41 Å². The third-order valence-corrected chi connectivity index (χ3v) is 4.43. The van der Waals surface area contributed by atoms with Gasteiger partial charge >= 0.3 is 0 Å². The third kappa shape index (κ3) is 4.57. The lowest BCUT2D eigenvalue weighted by atomic mass is 9.76. The zero-order valence-electron chi connectivity index (χ0n) is 11.4. The van der Waals surface area contributed by atoms with E-state index < -0.39 is 0 Å². The Labute approximate surface area is 106 Å². The van der Waals surface area contributed by atoms with Crippen LogP contribution in [-0.2, 0) is 0 Å². The molecule has 1 heterocycles. The van der Waals surface area contributed by atoms with Gasteiger partial charge in [-0.05, 0) is 18.3 Å². The minimum absolute atomic E-state index is 0.585. The lowest BCUT2D eigenvalue weighted by molar-refractivity contribution is 0.197. The van der Waals surface area contributed by atoms with Gasteiger partial charge in [-0.15, -0.1) is 0 Å². The summed E-state index contributed by atoms with van der Waals surface area (Å²) in [4.78, 5) is 2.56. The maximum Gasteiger partial charge on any atom is 0.0108 e. The van der Waals surface area contributed by atoms with Crippen LogP contribution < -0.4 is 10.6 Å². The van der Waals surface area contributed by atoms with Gasteiger partial charge in [0.05, 0.1) is 0 Å². The van der Waals surface area contributed by atoms with E-state index in [9.17, 15) is 0 Å². The van der Waals surface area contributed by atoms with E-state index in [0.29, 0.717) is 5.41 Å². The van der Waals surface area contributed by atoms with Gasteiger partial charge in [0.1, 0.15) is 0 Å². The summed E-state index contributed by atoms with van der Waals surface area (Å²) in [6, 6.07) is 0. The maximum atomic E-state index is 3.68. The molecule has 1 saturated heterocycles. The van der Waals surface area contributed by atoms with E-state index in [1.165, 1.54) is 58.3 Å². The average Bonchev–Trinajstić information content (AvgIpc) is 2.37. The molecule has 3 heteroatoms. The molecule has 2 fully saturated rings. The SMILES string of the molecule is CC1(CNCCN2CCNCC2)CCCCC1. The molecule has 2 N–H and O–H groups in total. The first kappa shape index (κ1) is 13.3. The molecule has 100 valence electrons. The molecule has 0 amide bonds. The fourth-order valence-corrected chi connectivity index (χ4v) is 3.14. The molecule has 0 unspecified atom stereocenters. The molecule has 0 spiro atoms. The molecule has 3 nitrogen and oxygen atoms in total. The van der Waals surface area contributed by atoms with Crippen molar-refractivity contribution in [2.45, 2.75) is 39.0 Å². The normalized spacial score (nSPS) is 25.9. The van der Waals surface area contributed by atoms with Gasteiger partial charge in [-0.1, -0.05) is 26.2 Å². The van der Waals surface area contributed by atoms with Crippen LogP contribution in [0.25, 0.3) is 0 Å². The molecule has 1 aliphatic heterocycles. The van der Waals surface area contributed by atoms with Gasteiger partial charge in [0, 0.05) is 45.8 Å². The average molecular weight is 239 g/mol. The number of rotatable bonds is 5. The first-order valence-electron chi connectivity index (χ1n) is 7.42. The Kier molecular flexibility index (Phi) is 5.26. The van der Waals surface area contributed by atoms with Gasteiger partial charge in [0.25, 0.3) is 0 Å². The summed E-state index contributed by atoms with van der Waals surface area (Å²) in [6.45, 7) is 10.8. The predicted molar refractivity (Wildman–Crippen MR) is 73.4 cm³/mol. The number of hydrogen-bond donors (Lipinski definition) is 2. The third-order valence-electron chi connectivity index (χ3n) is 4.43. The van der Waals surface area contributed by atoms with E-state index in [1.807, 2.05) is 0 Å². The Hall–Kier alpha value is -0.120. The van der Waals surface area contributed by atoms with Crippen LogP contribution in [0.5, 0.6) is 0 Å². The van der Waals surface area contributed by atoms with E-state index in [4.69, 9.17) is 0 Å². The lowest BCUT2D eigenvalue weighted by Crippen LogP contribution is -2.46. The van der Waals surface area contributed by atoms with E-state index in [0.717, 1.165) is 19.6 Å². The quantitative estimate of drug-likeness (QED) is 0.711. The van der Waals surface area contributed by atoms with E-state index in [2.05, 4.69) is 22.5 Å². The summed E-state index contributed by atoms with van der Waals surface area (Å²) >= 11 is 0. The van der Waals surface area contributed by atoms with Gasteiger partial charge < -0.3 is 10.6 Å². The summed E-state index contributed by atoms with van der Waals surface area (Å²) in [5.74, 6) is 0. The van der Waals surface area contributed by atoms with Crippen LogP contribution in [0.2, 0.25) is 0 Å². The number of nitrogens with one attached hydrogen (secondary N) is 2. The van der Waals surface area contributed by atoms with Crippen LogP contribution in [0.15, 0.2) is 0 Å². The first-order valence-corrected chi connectivity index (χ1v) is 7.42. The highest BCUT2D eigenvalue weighted by molar-refractivity contribution is 4.80. The monoisotopic (exact) mass is 239 g/mol. The summed E-state index contributed by atoms with van der Waals surface area (Å²) in [5.41, 5.74) is 0.585. The second-order valence-corrected chi connectivity index (χ2v) is 6.14. The molecule has 17 heavy (non-hydrogen) atoms. The van der Waals surface area contributed by atoms with Crippen molar-refractivity contribution >= 4 is 0 Å².